The van der Waals surface area contributed by atoms with Crippen molar-refractivity contribution in [2.75, 3.05) is 0 Å². The first-order valence-corrected chi connectivity index (χ1v) is 4.05. The average molecular weight is 246 g/mol. The van der Waals surface area contributed by atoms with Crippen LogP contribution in [0.2, 0.25) is 0 Å². The van der Waals surface area contributed by atoms with Crippen molar-refractivity contribution in [2.24, 2.45) is 0 Å². The first-order valence-electron chi connectivity index (χ1n) is 7.26. The van der Waals surface area contributed by atoms with E-state index in [9.17, 15) is 0 Å². The molecule has 0 spiro atoms. The van der Waals surface area contributed by atoms with Gasteiger partial charge in [-0.3, -0.25) is 0 Å². The summed E-state index contributed by atoms with van der Waals surface area (Å²) in [5.74, 6) is -0.171. The number of hydrogen-bond acceptors (Lipinski definition) is 2. The van der Waals surface area contributed by atoms with Crippen LogP contribution in [0.25, 0.3) is 5.82 Å². The van der Waals surface area contributed by atoms with Crippen LogP contribution in [0.4, 0.5) is 0 Å². The lowest BCUT2D eigenvalue weighted by atomic mass is 10.4. The Morgan fingerprint density at radius 2 is 2.62 bits per heavy atom. The van der Waals surface area contributed by atoms with Crippen molar-refractivity contribution < 1.29 is 11.0 Å². The number of aromatic nitrogens is 3. The zero-order chi connectivity index (χ0) is 16.1. The Morgan fingerprint density at radius 1 is 1.69 bits per heavy atom. The molecule has 2 aromatic rings. The maximum atomic E-state index is 7.84. The van der Waals surface area contributed by atoms with Crippen LogP contribution < -0.4 is 0 Å². The molecule has 2 aromatic heterocycles. The molecule has 0 aliphatic carbocycles. The SMILES string of the molecule is [2H]c1nc(-n2nc([2H])c(C([2H])([2H])[2H])c2[2H])c(Br)c([2H])c1[2H]. The fourth-order valence-corrected chi connectivity index (χ4v) is 1.12. The van der Waals surface area contributed by atoms with Gasteiger partial charge in [-0.25, -0.2) is 9.67 Å². The van der Waals surface area contributed by atoms with Gasteiger partial charge in [0.15, 0.2) is 5.82 Å². The minimum Gasteiger partial charge on any atom is -0.236 e. The van der Waals surface area contributed by atoms with Gasteiger partial charge in [0, 0.05) is 16.5 Å². The predicted octanol–water partition coefficient (Wildman–Crippen LogP) is 2.34. The molecule has 0 radical (unpaired) electrons. The second-order valence-corrected chi connectivity index (χ2v) is 2.91. The third-order valence-electron chi connectivity index (χ3n) is 1.27. The maximum absolute atomic E-state index is 7.84. The molecule has 0 amide bonds. The molecule has 0 aromatic carbocycles. The molecule has 0 bridgehead atoms. The van der Waals surface area contributed by atoms with Gasteiger partial charge in [-0.1, -0.05) is 0 Å². The molecule has 0 aliphatic heterocycles. The first-order chi connectivity index (χ1) is 9.55. The third kappa shape index (κ3) is 1.62. The summed E-state index contributed by atoms with van der Waals surface area (Å²) in [6, 6.07) is -0.742. The summed E-state index contributed by atoms with van der Waals surface area (Å²) in [6.07, 6.45) is -1.67. The summed E-state index contributed by atoms with van der Waals surface area (Å²) < 4.78 is 60.7. The van der Waals surface area contributed by atoms with Gasteiger partial charge in [0.25, 0.3) is 0 Å². The Balaban J connectivity index is 2.76. The molecule has 3 nitrogen and oxygen atoms in total. The Morgan fingerprint density at radius 3 is 3.38 bits per heavy atom. The number of hydrogen-bond donors (Lipinski definition) is 0. The normalized spacial score (nSPS) is 20.1. The van der Waals surface area contributed by atoms with Crippen LogP contribution in [0, 0.1) is 6.85 Å². The highest BCUT2D eigenvalue weighted by Gasteiger charge is 2.02. The molecule has 66 valence electrons. The zero-order valence-corrected chi connectivity index (χ0v) is 7.81. The molecular formula is C9H8BrN3. The van der Waals surface area contributed by atoms with Gasteiger partial charge in [0.1, 0.15) is 0 Å². The molecule has 0 saturated carbocycles. The number of rotatable bonds is 1. The van der Waals surface area contributed by atoms with E-state index < -0.39 is 37.0 Å². The van der Waals surface area contributed by atoms with Crippen LogP contribution in [-0.4, -0.2) is 14.8 Å². The predicted molar refractivity (Wildman–Crippen MR) is 53.8 cm³/mol. The molecule has 0 unspecified atom stereocenters. The summed E-state index contributed by atoms with van der Waals surface area (Å²) in [5.41, 5.74) is -0.538. The minimum absolute atomic E-state index is 0.00316. The fourth-order valence-electron chi connectivity index (χ4n) is 0.765. The van der Waals surface area contributed by atoms with Crippen LogP contribution in [0.15, 0.2) is 35.1 Å². The summed E-state index contributed by atoms with van der Waals surface area (Å²) in [6.45, 7) is -2.68. The van der Waals surface area contributed by atoms with Crippen LogP contribution in [0.5, 0.6) is 0 Å². The Kier molecular flexibility index (Phi) is 0.813. The number of halogens is 1. The van der Waals surface area contributed by atoms with E-state index in [1.807, 2.05) is 0 Å². The minimum atomic E-state index is -2.68. The number of pyridine rings is 1. The molecule has 0 saturated heterocycles. The van der Waals surface area contributed by atoms with E-state index >= 15 is 0 Å². The number of nitrogens with zero attached hydrogens (tertiary/aromatic N) is 3. The van der Waals surface area contributed by atoms with Crippen LogP contribution in [0.1, 0.15) is 16.5 Å². The van der Waals surface area contributed by atoms with Crippen molar-refractivity contribution in [2.45, 2.75) is 6.85 Å². The van der Waals surface area contributed by atoms with Gasteiger partial charge in [0.2, 0.25) is 0 Å². The monoisotopic (exact) mass is 245 g/mol. The maximum Gasteiger partial charge on any atom is 0.167 e. The van der Waals surface area contributed by atoms with Gasteiger partial charge < -0.3 is 0 Å². The molecule has 0 aliphatic rings. The Hall–Kier alpha value is -1.16. The van der Waals surface area contributed by atoms with Crippen molar-refractivity contribution >= 4 is 15.9 Å². The standard InChI is InChI=1S/C9H8BrN3/c1-7-5-12-13(6-7)9-8(10)3-2-4-11-9/h2-6H,1H3/i1D3,2D,3D,4D,5D,6D. The van der Waals surface area contributed by atoms with E-state index in [1.54, 1.807) is 0 Å². The van der Waals surface area contributed by atoms with E-state index in [0.29, 0.717) is 0 Å². The molecule has 0 fully saturated rings. The fraction of sp³-hybridized carbons (Fsp3) is 0.111. The van der Waals surface area contributed by atoms with Crippen LogP contribution >= 0.6 is 15.9 Å². The first kappa shape index (κ1) is 3.20. The lowest BCUT2D eigenvalue weighted by Crippen LogP contribution is -1.97. The molecular weight excluding hydrogens is 230 g/mol. The van der Waals surface area contributed by atoms with Crippen molar-refractivity contribution in [3.8, 4) is 5.82 Å². The van der Waals surface area contributed by atoms with Crippen LogP contribution in [0.3, 0.4) is 0 Å². The largest absolute Gasteiger partial charge is 0.236 e. The second kappa shape index (κ2) is 3.30. The molecule has 2 rings (SSSR count). The summed E-state index contributed by atoms with van der Waals surface area (Å²) in [4.78, 5) is 3.73. The second-order valence-electron chi connectivity index (χ2n) is 2.12. The third-order valence-corrected chi connectivity index (χ3v) is 1.82. The Labute approximate surface area is 95.8 Å². The van der Waals surface area contributed by atoms with E-state index in [-0.39, 0.29) is 16.3 Å². The smallest absolute Gasteiger partial charge is 0.167 e. The van der Waals surface area contributed by atoms with Gasteiger partial charge in [-0.2, -0.15) is 5.10 Å². The molecule has 4 heteroatoms. The van der Waals surface area contributed by atoms with Gasteiger partial charge >= 0.3 is 0 Å². The van der Waals surface area contributed by atoms with Crippen molar-refractivity contribution in [1.29, 1.82) is 0 Å². The summed E-state index contributed by atoms with van der Waals surface area (Å²) >= 11 is 3.02. The van der Waals surface area contributed by atoms with Crippen molar-refractivity contribution in [3.63, 3.8) is 0 Å². The summed E-state index contributed by atoms with van der Waals surface area (Å²) in [7, 11) is 0. The quantitative estimate of drug-likeness (QED) is 0.773. The highest BCUT2D eigenvalue weighted by atomic mass is 79.9. The van der Waals surface area contributed by atoms with Crippen molar-refractivity contribution in [3.05, 3.63) is 40.6 Å². The zero-order valence-electron chi connectivity index (χ0n) is 14.2. The lowest BCUT2D eigenvalue weighted by molar-refractivity contribution is 0.841. The van der Waals surface area contributed by atoms with Gasteiger partial charge in [-0.05, 0) is 40.4 Å². The van der Waals surface area contributed by atoms with E-state index in [0.717, 1.165) is 4.68 Å². The highest BCUT2D eigenvalue weighted by Crippen LogP contribution is 2.16. The average Bonchev–Trinajstić information content (AvgIpc) is 2.66. The molecule has 0 N–H and O–H groups in total. The topological polar surface area (TPSA) is 30.7 Å². The van der Waals surface area contributed by atoms with Gasteiger partial charge in [-0.15, -0.1) is 0 Å². The van der Waals surface area contributed by atoms with E-state index in [1.165, 1.54) is 0 Å². The molecule has 0 atom stereocenters. The molecule has 2 heterocycles. The Bertz CT molecular complexity index is 723. The van der Waals surface area contributed by atoms with E-state index in [4.69, 9.17) is 11.0 Å². The van der Waals surface area contributed by atoms with E-state index in [2.05, 4.69) is 26.0 Å². The lowest BCUT2D eigenvalue weighted by Gasteiger charge is -2.01. The highest BCUT2D eigenvalue weighted by molar-refractivity contribution is 9.10. The van der Waals surface area contributed by atoms with Crippen molar-refractivity contribution in [1.82, 2.24) is 14.8 Å². The summed E-state index contributed by atoms with van der Waals surface area (Å²) in [5, 5.41) is 3.64. The van der Waals surface area contributed by atoms with Crippen LogP contribution in [-0.2, 0) is 0 Å². The van der Waals surface area contributed by atoms with Gasteiger partial charge in [0.05, 0.1) is 17.5 Å². The molecule has 13 heavy (non-hydrogen) atoms.